The molecule has 17 heavy (non-hydrogen) atoms. The monoisotopic (exact) mass is 263 g/mol. The molecule has 0 aromatic heterocycles. The highest BCUT2D eigenvalue weighted by Crippen LogP contribution is 2.30. The number of sulfonamides is 1. The largest absolute Gasteiger partial charge is 0.395 e. The molecule has 0 saturated heterocycles. The van der Waals surface area contributed by atoms with Gasteiger partial charge < -0.3 is 5.11 Å². The van der Waals surface area contributed by atoms with Gasteiger partial charge in [-0.15, -0.1) is 0 Å². The maximum absolute atomic E-state index is 11.6. The first-order valence-electron chi connectivity index (χ1n) is 6.55. The number of rotatable bonds is 6. The summed E-state index contributed by atoms with van der Waals surface area (Å²) in [5.41, 5.74) is 0. The average molecular weight is 263 g/mol. The number of hydrogen-bond donors (Lipinski definition) is 2. The highest BCUT2D eigenvalue weighted by Gasteiger charge is 2.21. The first kappa shape index (κ1) is 14.9. The number of aliphatic hydroxyl groups is 1. The van der Waals surface area contributed by atoms with Crippen LogP contribution in [0.15, 0.2) is 0 Å². The van der Waals surface area contributed by atoms with Gasteiger partial charge in [-0.05, 0) is 31.6 Å². The van der Waals surface area contributed by atoms with E-state index < -0.39 is 15.3 Å². The lowest BCUT2D eigenvalue weighted by Crippen LogP contribution is -2.36. The number of aliphatic hydroxyl groups excluding tert-OH is 1. The zero-order valence-corrected chi connectivity index (χ0v) is 11.7. The minimum Gasteiger partial charge on any atom is -0.395 e. The van der Waals surface area contributed by atoms with Crippen LogP contribution in [-0.2, 0) is 10.0 Å². The van der Waals surface area contributed by atoms with Gasteiger partial charge in [-0.25, -0.2) is 13.1 Å². The molecule has 0 radical (unpaired) electrons. The van der Waals surface area contributed by atoms with Crippen molar-refractivity contribution in [1.29, 1.82) is 0 Å². The molecule has 0 aliphatic heterocycles. The Morgan fingerprint density at radius 3 is 2.71 bits per heavy atom. The molecule has 0 amide bonds. The van der Waals surface area contributed by atoms with Gasteiger partial charge in [0.25, 0.3) is 0 Å². The maximum atomic E-state index is 11.6. The lowest BCUT2D eigenvalue weighted by molar-refractivity contribution is 0.270. The topological polar surface area (TPSA) is 66.4 Å². The van der Waals surface area contributed by atoms with Gasteiger partial charge in [-0.2, -0.15) is 0 Å². The van der Waals surface area contributed by atoms with Crippen molar-refractivity contribution in [2.75, 3.05) is 13.2 Å². The first-order chi connectivity index (χ1) is 7.95. The van der Waals surface area contributed by atoms with Crippen molar-refractivity contribution < 1.29 is 13.5 Å². The highest BCUT2D eigenvalue weighted by atomic mass is 32.2. The smallest absolute Gasteiger partial charge is 0.216 e. The van der Waals surface area contributed by atoms with Gasteiger partial charge in [-0.3, -0.25) is 0 Å². The third-order valence-electron chi connectivity index (χ3n) is 3.69. The summed E-state index contributed by atoms with van der Waals surface area (Å²) < 4.78 is 25.8. The molecule has 102 valence electrons. The van der Waals surface area contributed by atoms with Gasteiger partial charge >= 0.3 is 0 Å². The molecule has 0 aromatic rings. The van der Waals surface area contributed by atoms with E-state index in [0.29, 0.717) is 12.5 Å². The molecule has 2 N–H and O–H groups in total. The predicted octanol–water partition coefficient (Wildman–Crippen LogP) is 1.50. The zero-order chi connectivity index (χ0) is 12.9. The molecule has 0 spiro atoms. The van der Waals surface area contributed by atoms with Gasteiger partial charge in [0.15, 0.2) is 0 Å². The van der Waals surface area contributed by atoms with Crippen LogP contribution in [0.2, 0.25) is 0 Å². The van der Waals surface area contributed by atoms with Crippen LogP contribution in [0.25, 0.3) is 0 Å². The minimum absolute atomic E-state index is 0.324. The summed E-state index contributed by atoms with van der Waals surface area (Å²) in [6.45, 7) is 3.97. The lowest BCUT2D eigenvalue weighted by atomic mass is 9.81. The molecule has 0 bridgehead atoms. The molecular formula is C12H25NO3S. The van der Waals surface area contributed by atoms with Crippen LogP contribution in [0.4, 0.5) is 0 Å². The van der Waals surface area contributed by atoms with Crippen LogP contribution < -0.4 is 4.72 Å². The fourth-order valence-electron chi connectivity index (χ4n) is 2.47. The van der Waals surface area contributed by atoms with Crippen molar-refractivity contribution in [3.05, 3.63) is 0 Å². The Bertz CT molecular complexity index is 316. The molecule has 3 unspecified atom stereocenters. The van der Waals surface area contributed by atoms with Crippen LogP contribution in [0.5, 0.6) is 0 Å². The van der Waals surface area contributed by atoms with E-state index >= 15 is 0 Å². The second kappa shape index (κ2) is 6.71. The van der Waals surface area contributed by atoms with Crippen molar-refractivity contribution >= 4 is 10.0 Å². The van der Waals surface area contributed by atoms with Crippen molar-refractivity contribution in [1.82, 2.24) is 4.72 Å². The maximum Gasteiger partial charge on any atom is 0.216 e. The third-order valence-corrected chi connectivity index (χ3v) is 5.50. The second-order valence-corrected chi connectivity index (χ2v) is 7.54. The summed E-state index contributed by atoms with van der Waals surface area (Å²) >= 11 is 0. The van der Waals surface area contributed by atoms with Crippen molar-refractivity contribution in [3.63, 3.8) is 0 Å². The summed E-state index contributed by atoms with van der Waals surface area (Å²) in [4.78, 5) is 0. The Morgan fingerprint density at radius 2 is 2.12 bits per heavy atom. The van der Waals surface area contributed by atoms with E-state index in [0.717, 1.165) is 12.3 Å². The molecule has 5 heteroatoms. The third kappa shape index (κ3) is 4.94. The summed E-state index contributed by atoms with van der Waals surface area (Å²) in [7, 11) is -3.32. The standard InChI is InChI=1S/C12H25NO3S/c1-10-4-3-5-12(8-10)6-7-13-17(15,16)11(2)9-14/h10-14H,3-9H2,1-2H3. The van der Waals surface area contributed by atoms with E-state index in [1.807, 2.05) is 0 Å². The predicted molar refractivity (Wildman–Crippen MR) is 69.2 cm³/mol. The van der Waals surface area contributed by atoms with Crippen LogP contribution in [0, 0.1) is 11.8 Å². The zero-order valence-electron chi connectivity index (χ0n) is 10.9. The first-order valence-corrected chi connectivity index (χ1v) is 8.09. The van der Waals surface area contributed by atoms with Crippen molar-refractivity contribution in [2.45, 2.75) is 51.2 Å². The fraction of sp³-hybridized carbons (Fsp3) is 1.00. The normalized spacial score (nSPS) is 27.9. The Hall–Kier alpha value is -0.130. The van der Waals surface area contributed by atoms with E-state index in [4.69, 9.17) is 5.11 Å². The van der Waals surface area contributed by atoms with Gasteiger partial charge in [0.2, 0.25) is 10.0 Å². The van der Waals surface area contributed by atoms with Crippen molar-refractivity contribution in [2.24, 2.45) is 11.8 Å². The Labute approximate surface area is 105 Å². The molecule has 1 aliphatic rings. The highest BCUT2D eigenvalue weighted by molar-refractivity contribution is 7.90. The van der Waals surface area contributed by atoms with Gasteiger partial charge in [0.05, 0.1) is 11.9 Å². The molecule has 0 aromatic carbocycles. The van der Waals surface area contributed by atoms with Crippen LogP contribution in [-0.4, -0.2) is 31.9 Å². The van der Waals surface area contributed by atoms with Crippen LogP contribution >= 0.6 is 0 Å². The summed E-state index contributed by atoms with van der Waals surface area (Å²) in [5, 5.41) is 8.12. The van der Waals surface area contributed by atoms with Crippen LogP contribution in [0.3, 0.4) is 0 Å². The van der Waals surface area contributed by atoms with Crippen LogP contribution in [0.1, 0.15) is 46.0 Å². The molecule has 4 nitrogen and oxygen atoms in total. The Balaban J connectivity index is 2.27. The summed E-state index contributed by atoms with van der Waals surface area (Å²) in [6, 6.07) is 0. The number of nitrogens with one attached hydrogen (secondary N) is 1. The molecule has 0 heterocycles. The summed E-state index contributed by atoms with van der Waals surface area (Å²) in [5.74, 6) is 1.44. The van der Waals surface area contributed by atoms with Gasteiger partial charge in [0, 0.05) is 6.54 Å². The molecule has 1 aliphatic carbocycles. The molecule has 1 saturated carbocycles. The molecule has 1 rings (SSSR count). The molecular weight excluding hydrogens is 238 g/mol. The number of hydrogen-bond acceptors (Lipinski definition) is 3. The average Bonchev–Trinajstić information content (AvgIpc) is 2.27. The second-order valence-electron chi connectivity index (χ2n) is 5.36. The van der Waals surface area contributed by atoms with E-state index in [9.17, 15) is 8.42 Å². The van der Waals surface area contributed by atoms with Gasteiger partial charge in [-0.1, -0.05) is 26.2 Å². The summed E-state index contributed by atoms with van der Waals surface area (Å²) in [6.07, 6.45) is 5.94. The fourth-order valence-corrected chi connectivity index (χ4v) is 3.35. The Morgan fingerprint density at radius 1 is 1.41 bits per heavy atom. The van der Waals surface area contributed by atoms with E-state index in [2.05, 4.69) is 11.6 Å². The quantitative estimate of drug-likeness (QED) is 0.763. The van der Waals surface area contributed by atoms with Crippen molar-refractivity contribution in [3.8, 4) is 0 Å². The minimum atomic E-state index is -3.32. The van der Waals surface area contributed by atoms with Gasteiger partial charge in [0.1, 0.15) is 0 Å². The van der Waals surface area contributed by atoms with E-state index in [1.54, 1.807) is 0 Å². The SMILES string of the molecule is CC1CCCC(CCNS(=O)(=O)C(C)CO)C1. The molecule has 1 fully saturated rings. The van der Waals surface area contributed by atoms with E-state index in [1.165, 1.54) is 32.6 Å². The molecule has 3 atom stereocenters. The lowest BCUT2D eigenvalue weighted by Gasteiger charge is -2.26. The van der Waals surface area contributed by atoms with E-state index in [-0.39, 0.29) is 6.61 Å². The Kier molecular flexibility index (Phi) is 5.89.